The van der Waals surface area contributed by atoms with Crippen molar-refractivity contribution >= 4 is 0 Å². The summed E-state index contributed by atoms with van der Waals surface area (Å²) in [7, 11) is 0. The highest BCUT2D eigenvalue weighted by atomic mass is 13.9. The van der Waals surface area contributed by atoms with Gasteiger partial charge in [0.1, 0.15) is 0 Å². The molecule has 0 saturated heterocycles. The quantitative estimate of drug-likeness (QED) is 0.634. The van der Waals surface area contributed by atoms with Crippen molar-refractivity contribution in [3.05, 3.63) is 58.7 Å². The minimum Gasteiger partial charge on any atom is -0.0617 e. The molecule has 0 amide bonds. The van der Waals surface area contributed by atoms with E-state index in [1.807, 2.05) is 0 Å². The SMILES string of the molecule is CCc1cccc(C)ccc(C)c(C)c1. The Hall–Kier alpha value is -1.30. The van der Waals surface area contributed by atoms with Crippen LogP contribution in [0.5, 0.6) is 0 Å². The molecule has 0 atom stereocenters. The van der Waals surface area contributed by atoms with Gasteiger partial charge in [0.2, 0.25) is 0 Å². The average Bonchev–Trinajstić information content (AvgIpc) is 2.23. The van der Waals surface area contributed by atoms with E-state index >= 15 is 0 Å². The largest absolute Gasteiger partial charge is 0.0617 e. The van der Waals surface area contributed by atoms with Gasteiger partial charge < -0.3 is 0 Å². The van der Waals surface area contributed by atoms with Gasteiger partial charge in [-0.2, -0.15) is 0 Å². The summed E-state index contributed by atoms with van der Waals surface area (Å²) in [6.07, 6.45) is 1.08. The van der Waals surface area contributed by atoms with E-state index in [1.54, 1.807) is 0 Å². The second-order valence-electron chi connectivity index (χ2n) is 4.04. The van der Waals surface area contributed by atoms with E-state index in [0.717, 1.165) is 6.42 Å². The molecule has 0 aliphatic rings. The molecule has 0 aromatic heterocycles. The normalized spacial score (nSPS) is 9.60. The zero-order valence-electron chi connectivity index (χ0n) is 10.2. The van der Waals surface area contributed by atoms with Gasteiger partial charge in [-0.1, -0.05) is 48.9 Å². The molecule has 0 nitrogen and oxygen atoms in total. The zero-order valence-corrected chi connectivity index (χ0v) is 10.2. The van der Waals surface area contributed by atoms with Gasteiger partial charge >= 0.3 is 0 Å². The van der Waals surface area contributed by atoms with E-state index in [1.165, 1.54) is 22.3 Å². The van der Waals surface area contributed by atoms with Crippen LogP contribution in [-0.4, -0.2) is 0 Å². The van der Waals surface area contributed by atoms with Crippen LogP contribution in [0.25, 0.3) is 0 Å². The van der Waals surface area contributed by atoms with Crippen molar-refractivity contribution in [2.24, 2.45) is 0 Å². The molecule has 0 N–H and O–H groups in total. The Kier molecular flexibility index (Phi) is 4.36. The number of aryl methyl sites for hydroxylation is 4. The molecular weight excluding hydrogens is 180 g/mol. The highest BCUT2D eigenvalue weighted by Gasteiger charge is 1.89. The van der Waals surface area contributed by atoms with Crippen LogP contribution in [0.4, 0.5) is 0 Å². The summed E-state index contributed by atoms with van der Waals surface area (Å²) in [4.78, 5) is 0. The summed E-state index contributed by atoms with van der Waals surface area (Å²) in [5, 5.41) is 0. The van der Waals surface area contributed by atoms with E-state index in [4.69, 9.17) is 0 Å². The van der Waals surface area contributed by atoms with Crippen LogP contribution >= 0.6 is 0 Å². The molecule has 80 valence electrons. The third-order valence-corrected chi connectivity index (χ3v) is 2.70. The van der Waals surface area contributed by atoms with E-state index in [-0.39, 0.29) is 0 Å². The third-order valence-electron chi connectivity index (χ3n) is 2.70. The summed E-state index contributed by atoms with van der Waals surface area (Å²) >= 11 is 0. The van der Waals surface area contributed by atoms with Crippen LogP contribution in [0.1, 0.15) is 29.2 Å². The van der Waals surface area contributed by atoms with Crippen LogP contribution in [0, 0.1) is 20.8 Å². The molecule has 0 unspecified atom stereocenters. The Morgan fingerprint density at radius 3 is 2.27 bits per heavy atom. The Balaban J connectivity index is 3.44. The van der Waals surface area contributed by atoms with Crippen molar-refractivity contribution in [1.82, 2.24) is 0 Å². The molecule has 15 heavy (non-hydrogen) atoms. The smallest absolute Gasteiger partial charge is 0.0307 e. The molecule has 0 aliphatic carbocycles. The lowest BCUT2D eigenvalue weighted by Crippen LogP contribution is -1.80. The molecule has 0 heterocycles. The maximum absolute atomic E-state index is 2.27. The molecule has 0 saturated carbocycles. The van der Waals surface area contributed by atoms with Crippen molar-refractivity contribution in [3.63, 3.8) is 0 Å². The van der Waals surface area contributed by atoms with E-state index < -0.39 is 0 Å². The summed E-state index contributed by atoms with van der Waals surface area (Å²) in [6, 6.07) is 13.1. The van der Waals surface area contributed by atoms with Crippen molar-refractivity contribution in [2.45, 2.75) is 34.1 Å². The highest BCUT2D eigenvalue weighted by Crippen LogP contribution is 2.06. The summed E-state index contributed by atoms with van der Waals surface area (Å²) in [5.74, 6) is 0. The second kappa shape index (κ2) is 5.55. The van der Waals surface area contributed by atoms with Gasteiger partial charge in [-0.05, 0) is 43.9 Å². The first-order valence-corrected chi connectivity index (χ1v) is 5.54. The molecule has 0 spiro atoms. The topological polar surface area (TPSA) is 0 Å². The van der Waals surface area contributed by atoms with Crippen molar-refractivity contribution in [3.8, 4) is 0 Å². The lowest BCUT2D eigenvalue weighted by atomic mass is 10.1. The number of rotatable bonds is 1. The molecular formula is C15H20. The first-order chi connectivity index (χ1) is 7.13. The molecule has 0 radical (unpaired) electrons. The maximum Gasteiger partial charge on any atom is -0.0307 e. The van der Waals surface area contributed by atoms with Crippen LogP contribution in [0.3, 0.4) is 0 Å². The van der Waals surface area contributed by atoms with Gasteiger partial charge in [-0.3, -0.25) is 0 Å². The van der Waals surface area contributed by atoms with Gasteiger partial charge in [0.05, 0.1) is 0 Å². The van der Waals surface area contributed by atoms with Crippen molar-refractivity contribution < 1.29 is 0 Å². The van der Waals surface area contributed by atoms with E-state index in [0.29, 0.717) is 0 Å². The summed E-state index contributed by atoms with van der Waals surface area (Å²) in [5.41, 5.74) is 5.36. The van der Waals surface area contributed by atoms with Gasteiger partial charge in [0, 0.05) is 0 Å². The van der Waals surface area contributed by atoms with Crippen LogP contribution < -0.4 is 0 Å². The standard InChI is InChI=1S/C15H20/c1-5-15-8-6-7-12(2)9-10-13(3)14(4)11-15/h6-11H,5H2,1-4H3. The Morgan fingerprint density at radius 2 is 1.60 bits per heavy atom. The minimum absolute atomic E-state index is 1.08. The molecule has 0 aliphatic heterocycles. The minimum atomic E-state index is 1.08. The predicted molar refractivity (Wildman–Crippen MR) is 67.7 cm³/mol. The molecule has 0 bridgehead atoms. The van der Waals surface area contributed by atoms with E-state index in [2.05, 4.69) is 64.1 Å². The number of hydrogen-bond acceptors (Lipinski definition) is 0. The molecule has 1 aromatic rings. The monoisotopic (exact) mass is 200 g/mol. The highest BCUT2D eigenvalue weighted by molar-refractivity contribution is 5.26. The zero-order chi connectivity index (χ0) is 11.3. The Labute approximate surface area is 93.3 Å². The van der Waals surface area contributed by atoms with Crippen LogP contribution in [0.2, 0.25) is 0 Å². The molecule has 1 rings (SSSR count). The lowest BCUT2D eigenvalue weighted by molar-refractivity contribution is 1.13. The molecule has 0 heteroatoms. The average molecular weight is 200 g/mol. The lowest BCUT2D eigenvalue weighted by Gasteiger charge is -1.97. The fourth-order valence-corrected chi connectivity index (χ4v) is 1.43. The Morgan fingerprint density at radius 1 is 0.867 bits per heavy atom. The number of hydrogen-bond donors (Lipinski definition) is 0. The third kappa shape index (κ3) is 3.75. The van der Waals surface area contributed by atoms with Crippen molar-refractivity contribution in [1.29, 1.82) is 0 Å². The maximum atomic E-state index is 2.27. The van der Waals surface area contributed by atoms with Gasteiger partial charge in [0.15, 0.2) is 0 Å². The first-order valence-electron chi connectivity index (χ1n) is 5.54. The predicted octanol–water partition coefficient (Wildman–Crippen LogP) is 4.30. The first kappa shape index (κ1) is 11.8. The second-order valence-corrected chi connectivity index (χ2v) is 4.04. The summed E-state index contributed by atoms with van der Waals surface area (Å²) < 4.78 is 0. The fraction of sp³-hybridized carbons (Fsp3) is 0.333. The molecule has 1 aromatic carbocycles. The van der Waals surface area contributed by atoms with Crippen LogP contribution in [0.15, 0.2) is 36.4 Å². The summed E-state index contributed by atoms with van der Waals surface area (Å²) in [6.45, 7) is 8.65. The van der Waals surface area contributed by atoms with Crippen molar-refractivity contribution in [2.75, 3.05) is 0 Å². The van der Waals surface area contributed by atoms with Gasteiger partial charge in [-0.25, -0.2) is 0 Å². The van der Waals surface area contributed by atoms with Gasteiger partial charge in [0.25, 0.3) is 0 Å². The van der Waals surface area contributed by atoms with E-state index in [9.17, 15) is 0 Å². The van der Waals surface area contributed by atoms with Gasteiger partial charge in [-0.15, -0.1) is 0 Å². The van der Waals surface area contributed by atoms with Crippen LogP contribution in [-0.2, 0) is 6.42 Å². The molecule has 0 fully saturated rings. The Bertz CT molecular complexity index is 388. The fourth-order valence-electron chi connectivity index (χ4n) is 1.43.